The highest BCUT2D eigenvalue weighted by Gasteiger charge is 2.10. The van der Waals surface area contributed by atoms with Crippen molar-refractivity contribution in [1.29, 1.82) is 0 Å². The molecule has 0 bridgehead atoms. The summed E-state index contributed by atoms with van der Waals surface area (Å²) in [6, 6.07) is 6.01. The average Bonchev–Trinajstić information content (AvgIpc) is 2.81. The third-order valence-corrected chi connectivity index (χ3v) is 4.02. The van der Waals surface area contributed by atoms with Gasteiger partial charge in [0.05, 0.1) is 6.10 Å². The van der Waals surface area contributed by atoms with Gasteiger partial charge in [0.15, 0.2) is 5.16 Å². The van der Waals surface area contributed by atoms with Crippen LogP contribution >= 0.6 is 11.8 Å². The summed E-state index contributed by atoms with van der Waals surface area (Å²) in [6.07, 6.45) is 1.10. The highest BCUT2D eigenvalue weighted by Crippen LogP contribution is 2.20. The first-order valence-electron chi connectivity index (χ1n) is 6.41. The number of rotatable bonds is 6. The summed E-state index contributed by atoms with van der Waals surface area (Å²) in [5, 5.41) is 18.5. The molecule has 0 saturated carbocycles. The number of hydrogen-bond donors (Lipinski definition) is 1. The van der Waals surface area contributed by atoms with Crippen LogP contribution in [0.3, 0.4) is 0 Å². The van der Waals surface area contributed by atoms with E-state index in [0.29, 0.717) is 5.75 Å². The van der Waals surface area contributed by atoms with Crippen LogP contribution in [0.15, 0.2) is 29.7 Å². The Labute approximate surface area is 123 Å². The number of aromatic nitrogens is 3. The number of aliphatic hydroxyl groups is 1. The largest absolute Gasteiger partial charge is 0.491 e. The fourth-order valence-electron chi connectivity index (χ4n) is 1.77. The second-order valence-corrected chi connectivity index (χ2v) is 5.76. The number of hydrogen-bond acceptors (Lipinski definition) is 5. The van der Waals surface area contributed by atoms with E-state index in [0.717, 1.165) is 16.5 Å². The smallest absolute Gasteiger partial charge is 0.190 e. The fourth-order valence-corrected chi connectivity index (χ4v) is 2.56. The Morgan fingerprint density at radius 3 is 2.85 bits per heavy atom. The first-order valence-corrected chi connectivity index (χ1v) is 7.39. The highest BCUT2D eigenvalue weighted by molar-refractivity contribution is 7.99. The maximum atomic E-state index is 9.94. The summed E-state index contributed by atoms with van der Waals surface area (Å²) < 4.78 is 7.47. The van der Waals surface area contributed by atoms with Gasteiger partial charge in [-0.2, -0.15) is 0 Å². The fraction of sp³-hybridized carbons (Fsp3) is 0.429. The molecule has 1 heterocycles. The molecule has 0 amide bonds. The molecular formula is C14H19N3O2S. The minimum Gasteiger partial charge on any atom is -0.491 e. The van der Waals surface area contributed by atoms with Crippen LogP contribution in [0.2, 0.25) is 0 Å². The van der Waals surface area contributed by atoms with Crippen LogP contribution in [0.25, 0.3) is 0 Å². The summed E-state index contributed by atoms with van der Waals surface area (Å²) >= 11 is 1.46. The first kappa shape index (κ1) is 14.9. The Morgan fingerprint density at radius 1 is 1.40 bits per heavy atom. The van der Waals surface area contributed by atoms with Crippen LogP contribution in [0.4, 0.5) is 0 Å². The molecule has 0 aliphatic heterocycles. The van der Waals surface area contributed by atoms with E-state index >= 15 is 0 Å². The maximum absolute atomic E-state index is 9.94. The zero-order valence-electron chi connectivity index (χ0n) is 11.9. The van der Waals surface area contributed by atoms with E-state index in [1.54, 1.807) is 6.33 Å². The summed E-state index contributed by atoms with van der Waals surface area (Å²) in [5.74, 6) is 1.34. The van der Waals surface area contributed by atoms with Crippen LogP contribution < -0.4 is 4.74 Å². The molecule has 2 rings (SSSR count). The van der Waals surface area contributed by atoms with Gasteiger partial charge in [-0.15, -0.1) is 10.2 Å². The lowest BCUT2D eigenvalue weighted by molar-refractivity contribution is 0.126. The van der Waals surface area contributed by atoms with E-state index in [2.05, 4.69) is 16.3 Å². The van der Waals surface area contributed by atoms with Crippen LogP contribution in [0.1, 0.15) is 11.1 Å². The predicted molar refractivity (Wildman–Crippen MR) is 79.1 cm³/mol. The molecule has 0 radical (unpaired) electrons. The summed E-state index contributed by atoms with van der Waals surface area (Å²) in [6.45, 7) is 4.32. The lowest BCUT2D eigenvalue weighted by Crippen LogP contribution is -2.20. The topological polar surface area (TPSA) is 60.2 Å². The summed E-state index contributed by atoms with van der Waals surface area (Å²) in [5.41, 5.74) is 2.28. The van der Waals surface area contributed by atoms with Crippen LogP contribution in [0, 0.1) is 13.8 Å². The van der Waals surface area contributed by atoms with Gasteiger partial charge in [-0.05, 0) is 25.5 Å². The molecule has 0 aliphatic rings. The Kier molecular flexibility index (Phi) is 5.03. The standard InChI is InChI=1S/C14H19N3O2S/c1-10-4-5-13(11(2)6-10)19-7-12(18)8-20-14-16-15-9-17(14)3/h4-6,9,12,18H,7-8H2,1-3H3. The lowest BCUT2D eigenvalue weighted by atomic mass is 10.1. The Balaban J connectivity index is 1.80. The highest BCUT2D eigenvalue weighted by atomic mass is 32.2. The zero-order valence-corrected chi connectivity index (χ0v) is 12.7. The van der Waals surface area contributed by atoms with Gasteiger partial charge >= 0.3 is 0 Å². The molecule has 0 saturated heterocycles. The van der Waals surface area contributed by atoms with Crippen LogP contribution in [0.5, 0.6) is 5.75 Å². The normalized spacial score (nSPS) is 12.4. The molecular weight excluding hydrogens is 274 g/mol. The maximum Gasteiger partial charge on any atom is 0.190 e. The minimum atomic E-state index is -0.544. The van der Waals surface area contributed by atoms with Crippen molar-refractivity contribution in [3.8, 4) is 5.75 Å². The van der Waals surface area contributed by atoms with Gasteiger partial charge in [0.2, 0.25) is 0 Å². The third kappa shape index (κ3) is 3.98. The number of thioether (sulfide) groups is 1. The van der Waals surface area contributed by atoms with Crippen molar-refractivity contribution >= 4 is 11.8 Å². The summed E-state index contributed by atoms with van der Waals surface area (Å²) in [7, 11) is 1.88. The van der Waals surface area contributed by atoms with E-state index in [4.69, 9.17) is 4.74 Å². The molecule has 1 N–H and O–H groups in total. The number of aryl methyl sites for hydroxylation is 3. The predicted octanol–water partition coefficient (Wildman–Crippen LogP) is 1.96. The number of aliphatic hydroxyl groups excluding tert-OH is 1. The third-order valence-electron chi connectivity index (χ3n) is 2.84. The molecule has 5 nitrogen and oxygen atoms in total. The molecule has 2 aromatic rings. The minimum absolute atomic E-state index is 0.273. The lowest BCUT2D eigenvalue weighted by Gasteiger charge is -2.13. The molecule has 1 unspecified atom stereocenters. The Bertz CT molecular complexity index is 571. The SMILES string of the molecule is Cc1ccc(OCC(O)CSc2nncn2C)c(C)c1. The van der Waals surface area contributed by atoms with Gasteiger partial charge in [-0.1, -0.05) is 29.5 Å². The molecule has 1 aromatic carbocycles. The Morgan fingerprint density at radius 2 is 2.20 bits per heavy atom. The van der Waals surface area contributed by atoms with Gasteiger partial charge in [0.1, 0.15) is 18.7 Å². The first-order chi connectivity index (χ1) is 9.56. The zero-order chi connectivity index (χ0) is 14.5. The quantitative estimate of drug-likeness (QED) is 0.825. The van der Waals surface area contributed by atoms with Gasteiger partial charge < -0.3 is 14.4 Å². The van der Waals surface area contributed by atoms with Crippen molar-refractivity contribution in [2.75, 3.05) is 12.4 Å². The molecule has 1 atom stereocenters. The van der Waals surface area contributed by atoms with Gasteiger partial charge in [0, 0.05) is 12.8 Å². The molecule has 108 valence electrons. The summed E-state index contributed by atoms with van der Waals surface area (Å²) in [4.78, 5) is 0. The van der Waals surface area contributed by atoms with Crippen molar-refractivity contribution in [3.05, 3.63) is 35.7 Å². The molecule has 20 heavy (non-hydrogen) atoms. The van der Waals surface area contributed by atoms with Crippen molar-refractivity contribution in [2.45, 2.75) is 25.1 Å². The molecule has 1 aromatic heterocycles. The van der Waals surface area contributed by atoms with Crippen LogP contribution in [-0.4, -0.2) is 38.3 Å². The van der Waals surface area contributed by atoms with Crippen molar-refractivity contribution in [3.63, 3.8) is 0 Å². The molecule has 0 aliphatic carbocycles. The van der Waals surface area contributed by atoms with Crippen LogP contribution in [-0.2, 0) is 7.05 Å². The van der Waals surface area contributed by atoms with E-state index in [1.807, 2.05) is 37.6 Å². The van der Waals surface area contributed by atoms with E-state index < -0.39 is 6.10 Å². The van der Waals surface area contributed by atoms with E-state index in [1.165, 1.54) is 17.3 Å². The average molecular weight is 293 g/mol. The van der Waals surface area contributed by atoms with E-state index in [-0.39, 0.29) is 6.61 Å². The Hall–Kier alpha value is -1.53. The molecule has 0 spiro atoms. The number of nitrogens with zero attached hydrogens (tertiary/aromatic N) is 3. The second kappa shape index (κ2) is 6.76. The van der Waals surface area contributed by atoms with E-state index in [9.17, 15) is 5.11 Å². The van der Waals surface area contributed by atoms with Gasteiger partial charge in [-0.3, -0.25) is 0 Å². The molecule has 0 fully saturated rings. The number of benzene rings is 1. The molecule has 6 heteroatoms. The second-order valence-electron chi connectivity index (χ2n) is 4.77. The van der Waals surface area contributed by atoms with Gasteiger partial charge in [0.25, 0.3) is 0 Å². The number of ether oxygens (including phenoxy) is 1. The van der Waals surface area contributed by atoms with Crippen molar-refractivity contribution < 1.29 is 9.84 Å². The van der Waals surface area contributed by atoms with Crippen molar-refractivity contribution in [1.82, 2.24) is 14.8 Å². The van der Waals surface area contributed by atoms with Gasteiger partial charge in [-0.25, -0.2) is 0 Å². The monoisotopic (exact) mass is 293 g/mol. The van der Waals surface area contributed by atoms with Crippen molar-refractivity contribution in [2.24, 2.45) is 7.05 Å².